The van der Waals surface area contributed by atoms with E-state index in [-0.39, 0.29) is 5.56 Å². The van der Waals surface area contributed by atoms with Crippen molar-refractivity contribution < 1.29 is 4.42 Å². The number of benzene rings is 2. The molecule has 0 N–H and O–H groups in total. The molecule has 0 saturated carbocycles. The highest BCUT2D eigenvalue weighted by Crippen LogP contribution is 2.29. The minimum Gasteiger partial charge on any atom is -0.457 e. The first-order chi connectivity index (χ1) is 14.5. The van der Waals surface area contributed by atoms with Crippen LogP contribution in [0.15, 0.2) is 68.3 Å². The Balaban J connectivity index is 1.50. The Kier molecular flexibility index (Phi) is 4.99. The van der Waals surface area contributed by atoms with Crippen LogP contribution < -0.4 is 10.1 Å². The van der Waals surface area contributed by atoms with Crippen molar-refractivity contribution in [3.8, 4) is 22.7 Å². The Bertz CT molecular complexity index is 1510. The van der Waals surface area contributed by atoms with Crippen LogP contribution in [-0.4, -0.2) is 14.6 Å². The van der Waals surface area contributed by atoms with Gasteiger partial charge >= 0.3 is 0 Å². The van der Waals surface area contributed by atoms with Gasteiger partial charge in [-0.2, -0.15) is 9.50 Å². The fourth-order valence-corrected chi connectivity index (χ4v) is 4.37. The smallest absolute Gasteiger partial charge is 0.291 e. The molecule has 2 aromatic carbocycles. The summed E-state index contributed by atoms with van der Waals surface area (Å²) in [5.41, 5.74) is 1.41. The summed E-state index contributed by atoms with van der Waals surface area (Å²) < 4.78 is 8.63. The number of hydrogen-bond acceptors (Lipinski definition) is 5. The van der Waals surface area contributed by atoms with E-state index in [4.69, 9.17) is 27.6 Å². The molecule has 3 aromatic heterocycles. The van der Waals surface area contributed by atoms with Gasteiger partial charge in [0, 0.05) is 21.7 Å². The van der Waals surface area contributed by atoms with Crippen LogP contribution >= 0.6 is 50.5 Å². The number of nitrogens with zero attached hydrogens (tertiary/aromatic N) is 3. The first-order valence-electron chi connectivity index (χ1n) is 8.70. The molecule has 0 unspecified atom stereocenters. The Labute approximate surface area is 192 Å². The van der Waals surface area contributed by atoms with E-state index >= 15 is 0 Å². The second-order valence-corrected chi connectivity index (χ2v) is 9.12. The minimum absolute atomic E-state index is 0.238. The lowest BCUT2D eigenvalue weighted by atomic mass is 10.2. The number of hydrogen-bond donors (Lipinski definition) is 0. The molecule has 0 bridgehead atoms. The van der Waals surface area contributed by atoms with Crippen LogP contribution in [0.5, 0.6) is 0 Å². The fraction of sp³-hybridized carbons (Fsp3) is 0. The maximum absolute atomic E-state index is 12.7. The van der Waals surface area contributed by atoms with Gasteiger partial charge in [0.2, 0.25) is 4.96 Å². The summed E-state index contributed by atoms with van der Waals surface area (Å²) in [5.74, 6) is 1.69. The molecule has 0 aliphatic carbocycles. The first kappa shape index (κ1) is 19.5. The van der Waals surface area contributed by atoms with Gasteiger partial charge in [-0.1, -0.05) is 62.6 Å². The molecule has 0 fully saturated rings. The summed E-state index contributed by atoms with van der Waals surface area (Å²) in [4.78, 5) is 17.8. The van der Waals surface area contributed by atoms with Crippen LogP contribution in [-0.2, 0) is 0 Å². The molecule has 0 amide bonds. The van der Waals surface area contributed by atoms with Crippen molar-refractivity contribution in [3.05, 3.63) is 89.8 Å². The van der Waals surface area contributed by atoms with Crippen LogP contribution in [0.2, 0.25) is 10.0 Å². The average molecular weight is 519 g/mol. The summed E-state index contributed by atoms with van der Waals surface area (Å²) in [6.07, 6.45) is 1.68. The van der Waals surface area contributed by atoms with Gasteiger partial charge in [0.25, 0.3) is 5.56 Å². The minimum atomic E-state index is -0.238. The summed E-state index contributed by atoms with van der Waals surface area (Å²) in [6.45, 7) is 0. The predicted octanol–water partition coefficient (Wildman–Crippen LogP) is 5.70. The van der Waals surface area contributed by atoms with E-state index in [2.05, 4.69) is 26.0 Å². The van der Waals surface area contributed by atoms with Crippen molar-refractivity contribution in [2.45, 2.75) is 0 Å². The Morgan fingerprint density at radius 1 is 1.00 bits per heavy atom. The van der Waals surface area contributed by atoms with Crippen LogP contribution in [0.1, 0.15) is 5.76 Å². The van der Waals surface area contributed by atoms with E-state index in [0.29, 0.717) is 36.9 Å². The van der Waals surface area contributed by atoms with Crippen molar-refractivity contribution in [2.75, 3.05) is 0 Å². The number of furan rings is 1. The molecule has 3 heterocycles. The third-order valence-corrected chi connectivity index (χ3v) is 6.62. The number of fused-ring (bicyclic) bond motifs is 1. The van der Waals surface area contributed by atoms with Gasteiger partial charge < -0.3 is 4.42 Å². The van der Waals surface area contributed by atoms with Crippen molar-refractivity contribution in [1.29, 1.82) is 0 Å². The lowest BCUT2D eigenvalue weighted by Crippen LogP contribution is -2.23. The summed E-state index contributed by atoms with van der Waals surface area (Å²) in [6, 6.07) is 16.5. The molecule has 0 aliphatic heterocycles. The molecular weight excluding hydrogens is 509 g/mol. The van der Waals surface area contributed by atoms with Crippen LogP contribution in [0, 0.1) is 0 Å². The highest BCUT2D eigenvalue weighted by Gasteiger charge is 2.13. The third-order valence-electron chi connectivity index (χ3n) is 4.39. The molecule has 148 valence electrons. The predicted molar refractivity (Wildman–Crippen MR) is 123 cm³/mol. The van der Waals surface area contributed by atoms with Gasteiger partial charge in [-0.05, 0) is 42.5 Å². The van der Waals surface area contributed by atoms with E-state index in [1.165, 1.54) is 15.9 Å². The SMILES string of the molecule is O=c1c(=Cc2ccc(-c3ccc(Cl)c(Cl)c3)o2)sc2nc(-c3ccc(Br)cc3)nn12. The number of rotatable bonds is 3. The van der Waals surface area contributed by atoms with E-state index < -0.39 is 0 Å². The van der Waals surface area contributed by atoms with Gasteiger partial charge in [0.15, 0.2) is 5.82 Å². The van der Waals surface area contributed by atoms with Gasteiger partial charge in [-0.3, -0.25) is 4.79 Å². The zero-order valence-electron chi connectivity index (χ0n) is 15.0. The van der Waals surface area contributed by atoms with Crippen molar-refractivity contribution in [2.24, 2.45) is 0 Å². The highest BCUT2D eigenvalue weighted by molar-refractivity contribution is 9.10. The monoisotopic (exact) mass is 517 g/mol. The fourth-order valence-electron chi connectivity index (χ4n) is 2.92. The topological polar surface area (TPSA) is 60.4 Å². The van der Waals surface area contributed by atoms with E-state index in [0.717, 1.165) is 15.6 Å². The van der Waals surface area contributed by atoms with Crippen LogP contribution in [0.3, 0.4) is 0 Å². The van der Waals surface area contributed by atoms with E-state index in [9.17, 15) is 4.79 Å². The molecular formula is C21H10BrCl2N3O2S. The van der Waals surface area contributed by atoms with Gasteiger partial charge in [0.05, 0.1) is 10.0 Å². The molecule has 0 spiro atoms. The second-order valence-electron chi connectivity index (χ2n) is 6.38. The molecule has 0 radical (unpaired) electrons. The Morgan fingerprint density at radius 2 is 1.77 bits per heavy atom. The van der Waals surface area contributed by atoms with Crippen molar-refractivity contribution >= 4 is 61.5 Å². The molecule has 5 aromatic rings. The number of halogens is 3. The Hall–Kier alpha value is -2.45. The maximum atomic E-state index is 12.7. The highest BCUT2D eigenvalue weighted by atomic mass is 79.9. The summed E-state index contributed by atoms with van der Waals surface area (Å²) in [5, 5.41) is 5.28. The van der Waals surface area contributed by atoms with Gasteiger partial charge in [-0.25, -0.2) is 0 Å². The maximum Gasteiger partial charge on any atom is 0.291 e. The zero-order valence-corrected chi connectivity index (χ0v) is 18.9. The Morgan fingerprint density at radius 3 is 2.50 bits per heavy atom. The van der Waals surface area contributed by atoms with Crippen molar-refractivity contribution in [3.63, 3.8) is 0 Å². The molecule has 5 nitrogen and oxygen atoms in total. The number of aromatic nitrogens is 3. The molecule has 30 heavy (non-hydrogen) atoms. The standard InChI is InChI=1S/C21H10BrCl2N3O2S/c22-13-4-1-11(2-5-13)19-25-21-27(26-19)20(28)18(30-21)10-14-6-8-17(29-14)12-3-7-15(23)16(24)9-12/h1-10H. The number of thiazole rings is 1. The molecule has 0 aliphatic rings. The lowest BCUT2D eigenvalue weighted by Gasteiger charge is -1.99. The largest absolute Gasteiger partial charge is 0.457 e. The summed E-state index contributed by atoms with van der Waals surface area (Å²) >= 11 is 16.7. The average Bonchev–Trinajstić information content (AvgIpc) is 3.43. The quantitative estimate of drug-likeness (QED) is 0.307. The van der Waals surface area contributed by atoms with Crippen molar-refractivity contribution in [1.82, 2.24) is 14.6 Å². The molecule has 9 heteroatoms. The molecule has 5 rings (SSSR count). The summed E-state index contributed by atoms with van der Waals surface area (Å²) in [7, 11) is 0. The van der Waals surface area contributed by atoms with E-state index in [1.807, 2.05) is 36.4 Å². The normalized spacial score (nSPS) is 12.2. The lowest BCUT2D eigenvalue weighted by molar-refractivity contribution is 0.571. The van der Waals surface area contributed by atoms with Gasteiger partial charge in [-0.15, -0.1) is 5.10 Å². The first-order valence-corrected chi connectivity index (χ1v) is 11.1. The molecule has 0 saturated heterocycles. The van der Waals surface area contributed by atoms with Gasteiger partial charge in [0.1, 0.15) is 16.1 Å². The van der Waals surface area contributed by atoms with Crippen LogP contribution in [0.25, 0.3) is 33.7 Å². The van der Waals surface area contributed by atoms with E-state index in [1.54, 1.807) is 24.3 Å². The second kappa shape index (κ2) is 7.67. The third kappa shape index (κ3) is 3.58. The van der Waals surface area contributed by atoms with Crippen LogP contribution in [0.4, 0.5) is 0 Å². The molecule has 0 atom stereocenters. The zero-order chi connectivity index (χ0) is 20.8.